The van der Waals surface area contributed by atoms with E-state index in [1.54, 1.807) is 44.2 Å². The zero-order chi connectivity index (χ0) is 18.9. The third-order valence-corrected chi connectivity index (χ3v) is 4.23. The van der Waals surface area contributed by atoms with Gasteiger partial charge in [0.2, 0.25) is 5.91 Å². The van der Waals surface area contributed by atoms with E-state index in [1.807, 2.05) is 0 Å². The lowest BCUT2D eigenvalue weighted by molar-refractivity contribution is -0.120. The summed E-state index contributed by atoms with van der Waals surface area (Å²) in [6, 6.07) is 5.41. The number of hydrogen-bond donors (Lipinski definition) is 2. The van der Waals surface area contributed by atoms with Crippen molar-refractivity contribution in [3.05, 3.63) is 18.2 Å². The van der Waals surface area contributed by atoms with Gasteiger partial charge in [-0.15, -0.1) is 0 Å². The van der Waals surface area contributed by atoms with Crippen LogP contribution in [-0.4, -0.2) is 63.4 Å². The molecule has 8 heteroatoms. The van der Waals surface area contributed by atoms with Crippen LogP contribution in [0.5, 0.6) is 11.5 Å². The zero-order valence-corrected chi connectivity index (χ0v) is 15.5. The van der Waals surface area contributed by atoms with Gasteiger partial charge >= 0.3 is 6.09 Å². The number of carbonyl (C=O) groups is 2. The lowest BCUT2D eigenvalue weighted by Crippen LogP contribution is -2.47. The maximum Gasteiger partial charge on any atom is 0.409 e. The quantitative estimate of drug-likeness (QED) is 0.767. The molecule has 0 bridgehead atoms. The Labute approximate surface area is 153 Å². The predicted molar refractivity (Wildman–Crippen MR) is 97.8 cm³/mol. The van der Waals surface area contributed by atoms with Crippen LogP contribution in [0.3, 0.4) is 0 Å². The van der Waals surface area contributed by atoms with Crippen LogP contribution in [0.2, 0.25) is 0 Å². The Morgan fingerprint density at radius 3 is 2.54 bits per heavy atom. The molecule has 1 saturated heterocycles. The average molecular weight is 365 g/mol. The minimum atomic E-state index is -0.288. The van der Waals surface area contributed by atoms with Crippen LogP contribution >= 0.6 is 0 Å². The van der Waals surface area contributed by atoms with Crippen molar-refractivity contribution in [2.75, 3.05) is 45.8 Å². The third-order valence-electron chi connectivity index (χ3n) is 4.23. The summed E-state index contributed by atoms with van der Waals surface area (Å²) in [5.41, 5.74) is 0.694. The summed E-state index contributed by atoms with van der Waals surface area (Å²) in [5.74, 6) is 1.21. The van der Waals surface area contributed by atoms with Crippen LogP contribution in [0.4, 0.5) is 10.5 Å². The number of benzene rings is 1. The molecule has 0 unspecified atom stereocenters. The number of amides is 2. The summed E-state index contributed by atoms with van der Waals surface area (Å²) in [6.45, 7) is 3.45. The number of rotatable bonds is 7. The Bertz CT molecular complexity index is 615. The summed E-state index contributed by atoms with van der Waals surface area (Å²) in [4.78, 5) is 25.6. The van der Waals surface area contributed by atoms with Gasteiger partial charge in [0.15, 0.2) is 0 Å². The lowest BCUT2D eigenvalue weighted by atomic mass is 10.1. The van der Waals surface area contributed by atoms with Gasteiger partial charge in [-0.2, -0.15) is 0 Å². The zero-order valence-electron chi connectivity index (χ0n) is 15.5. The standard InChI is InChI=1S/C18H27N3O5/c1-4-26-18(23)21-9-7-13(8-10-21)20-17(22)12-19-15-11-14(24-2)5-6-16(15)25-3/h5-6,11,13,19H,4,7-10,12H2,1-3H3,(H,20,22). The van der Waals surface area contributed by atoms with Crippen molar-refractivity contribution in [1.82, 2.24) is 10.2 Å². The van der Waals surface area contributed by atoms with Gasteiger partial charge in [-0.1, -0.05) is 0 Å². The summed E-state index contributed by atoms with van der Waals surface area (Å²) >= 11 is 0. The highest BCUT2D eigenvalue weighted by Crippen LogP contribution is 2.28. The molecule has 0 radical (unpaired) electrons. The SMILES string of the molecule is CCOC(=O)N1CCC(NC(=O)CNc2cc(OC)ccc2OC)CC1. The molecule has 1 aliphatic rings. The van der Waals surface area contributed by atoms with E-state index in [1.165, 1.54) is 0 Å². The number of nitrogens with one attached hydrogen (secondary N) is 2. The van der Waals surface area contributed by atoms with Gasteiger partial charge in [0.25, 0.3) is 0 Å². The van der Waals surface area contributed by atoms with E-state index in [4.69, 9.17) is 14.2 Å². The van der Waals surface area contributed by atoms with Gasteiger partial charge in [-0.3, -0.25) is 4.79 Å². The van der Waals surface area contributed by atoms with Gasteiger partial charge in [0.1, 0.15) is 11.5 Å². The van der Waals surface area contributed by atoms with Gasteiger partial charge < -0.3 is 29.7 Å². The second kappa shape index (κ2) is 9.74. The van der Waals surface area contributed by atoms with E-state index in [9.17, 15) is 9.59 Å². The minimum absolute atomic E-state index is 0.0576. The molecule has 0 aromatic heterocycles. The molecule has 26 heavy (non-hydrogen) atoms. The largest absolute Gasteiger partial charge is 0.497 e. The van der Waals surface area contributed by atoms with Gasteiger partial charge in [0.05, 0.1) is 33.1 Å². The normalized spacial score (nSPS) is 14.5. The molecule has 1 aliphatic heterocycles. The number of ether oxygens (including phenoxy) is 3. The highest BCUT2D eigenvalue weighted by atomic mass is 16.6. The lowest BCUT2D eigenvalue weighted by Gasteiger charge is -2.31. The summed E-state index contributed by atoms with van der Waals surface area (Å²) in [7, 11) is 3.16. The number of nitrogens with zero attached hydrogens (tertiary/aromatic N) is 1. The van der Waals surface area contributed by atoms with Crippen LogP contribution in [-0.2, 0) is 9.53 Å². The van der Waals surface area contributed by atoms with Crippen molar-refractivity contribution in [3.63, 3.8) is 0 Å². The maximum atomic E-state index is 12.2. The average Bonchev–Trinajstić information content (AvgIpc) is 2.66. The predicted octanol–water partition coefficient (Wildman–Crippen LogP) is 1.85. The number of hydrogen-bond acceptors (Lipinski definition) is 6. The van der Waals surface area contributed by atoms with E-state index in [0.29, 0.717) is 49.7 Å². The Kier molecular flexibility index (Phi) is 7.37. The van der Waals surface area contributed by atoms with Gasteiger partial charge in [0, 0.05) is 25.2 Å². The number of methoxy groups -OCH3 is 2. The highest BCUT2D eigenvalue weighted by Gasteiger charge is 2.24. The van der Waals surface area contributed by atoms with Gasteiger partial charge in [-0.25, -0.2) is 4.79 Å². The monoisotopic (exact) mass is 365 g/mol. The molecule has 2 rings (SSSR count). The van der Waals surface area contributed by atoms with Crippen molar-refractivity contribution < 1.29 is 23.8 Å². The minimum Gasteiger partial charge on any atom is -0.497 e. The second-order valence-corrected chi connectivity index (χ2v) is 5.95. The van der Waals surface area contributed by atoms with E-state index in [0.717, 1.165) is 0 Å². The van der Waals surface area contributed by atoms with Crippen molar-refractivity contribution in [3.8, 4) is 11.5 Å². The number of anilines is 1. The molecule has 144 valence electrons. The van der Waals surface area contributed by atoms with Crippen molar-refractivity contribution in [1.29, 1.82) is 0 Å². The van der Waals surface area contributed by atoms with Crippen LogP contribution in [0.15, 0.2) is 18.2 Å². The number of carbonyl (C=O) groups excluding carboxylic acids is 2. The van der Waals surface area contributed by atoms with Crippen LogP contribution in [0.25, 0.3) is 0 Å². The number of likely N-dealkylation sites (tertiary alicyclic amines) is 1. The summed E-state index contributed by atoms with van der Waals surface area (Å²) < 4.78 is 15.5. The molecule has 1 heterocycles. The van der Waals surface area contributed by atoms with E-state index < -0.39 is 0 Å². The van der Waals surface area contributed by atoms with E-state index >= 15 is 0 Å². The van der Waals surface area contributed by atoms with E-state index in [-0.39, 0.29) is 24.6 Å². The second-order valence-electron chi connectivity index (χ2n) is 5.95. The molecule has 0 spiro atoms. The first-order valence-electron chi connectivity index (χ1n) is 8.74. The fourth-order valence-corrected chi connectivity index (χ4v) is 2.83. The fourth-order valence-electron chi connectivity index (χ4n) is 2.83. The van der Waals surface area contributed by atoms with Crippen LogP contribution in [0, 0.1) is 0 Å². The molecule has 1 aromatic rings. The molecule has 2 N–H and O–H groups in total. The molecule has 1 aromatic carbocycles. The molecule has 8 nitrogen and oxygen atoms in total. The Hall–Kier alpha value is -2.64. The molecule has 0 saturated carbocycles. The first-order chi connectivity index (χ1) is 12.6. The Morgan fingerprint density at radius 1 is 1.19 bits per heavy atom. The van der Waals surface area contributed by atoms with E-state index in [2.05, 4.69) is 10.6 Å². The first kappa shape index (κ1) is 19.7. The molecular weight excluding hydrogens is 338 g/mol. The molecule has 1 fully saturated rings. The van der Waals surface area contributed by atoms with Crippen molar-refractivity contribution >= 4 is 17.7 Å². The molecular formula is C18H27N3O5. The summed E-state index contributed by atoms with van der Waals surface area (Å²) in [5, 5.41) is 6.06. The third kappa shape index (κ3) is 5.44. The van der Waals surface area contributed by atoms with Gasteiger partial charge in [-0.05, 0) is 31.9 Å². The van der Waals surface area contributed by atoms with Crippen molar-refractivity contribution in [2.24, 2.45) is 0 Å². The number of piperidine rings is 1. The smallest absolute Gasteiger partial charge is 0.409 e. The molecule has 0 aliphatic carbocycles. The molecule has 2 amide bonds. The maximum absolute atomic E-state index is 12.2. The summed E-state index contributed by atoms with van der Waals surface area (Å²) in [6.07, 6.45) is 1.14. The first-order valence-corrected chi connectivity index (χ1v) is 8.74. The molecule has 0 atom stereocenters. The highest BCUT2D eigenvalue weighted by molar-refractivity contribution is 5.81. The fraction of sp³-hybridized carbons (Fsp3) is 0.556. The topological polar surface area (TPSA) is 89.1 Å². The van der Waals surface area contributed by atoms with Crippen LogP contribution < -0.4 is 20.1 Å². The Balaban J connectivity index is 1.79. The Morgan fingerprint density at radius 2 is 1.92 bits per heavy atom. The van der Waals surface area contributed by atoms with Crippen molar-refractivity contribution in [2.45, 2.75) is 25.8 Å². The van der Waals surface area contributed by atoms with Crippen LogP contribution in [0.1, 0.15) is 19.8 Å².